The van der Waals surface area contributed by atoms with Crippen molar-refractivity contribution in [1.29, 1.82) is 0 Å². The molecule has 0 amide bonds. The van der Waals surface area contributed by atoms with E-state index in [9.17, 15) is 0 Å². The zero-order chi connectivity index (χ0) is 6.12. The Bertz CT molecular complexity index is 23.4. The molecule has 0 aliphatic carbocycles. The lowest BCUT2D eigenvalue weighted by molar-refractivity contribution is 0.932. The minimum absolute atomic E-state index is 0.819. The number of allylic oxidation sites excluding steroid dienone is 1. The quantitative estimate of drug-likeness (QED) is 0.498. The average Bonchev–Trinajstić information content (AvgIpc) is 1.69. The van der Waals surface area contributed by atoms with Gasteiger partial charge in [-0.3, -0.25) is 0 Å². The molecule has 1 nitrogen and oxygen atoms in total. The predicted molar refractivity (Wildman–Crippen MR) is 35.2 cm³/mol. The van der Waals surface area contributed by atoms with Crippen LogP contribution in [0.4, 0.5) is 0 Å². The van der Waals surface area contributed by atoms with Gasteiger partial charge in [0.05, 0.1) is 0 Å². The van der Waals surface area contributed by atoms with Gasteiger partial charge in [-0.25, -0.2) is 0 Å². The van der Waals surface area contributed by atoms with E-state index in [4.69, 9.17) is 5.73 Å². The smallest absolute Gasteiger partial charge is 0.00799 e. The van der Waals surface area contributed by atoms with Crippen molar-refractivity contribution in [2.75, 3.05) is 6.54 Å². The predicted octanol–water partition coefficient (Wildman–Crippen LogP) is 1.55. The zero-order valence-corrected chi connectivity index (χ0v) is 5.28. The largest absolute Gasteiger partial charge is 0.330 e. The summed E-state index contributed by atoms with van der Waals surface area (Å²) in [6.45, 7) is 8.12. The first-order chi connectivity index (χ1) is 3.33. The van der Waals surface area contributed by atoms with Gasteiger partial charge in [-0.05, 0) is 19.9 Å². The maximum atomic E-state index is 5.03. The van der Waals surface area contributed by atoms with Gasteiger partial charge in [-0.15, -0.1) is 6.58 Å². The number of nitrogens with two attached hydrogens (primary N) is 1. The molecule has 0 bridgehead atoms. The van der Waals surface area contributed by atoms with Crippen LogP contribution in [0.2, 0.25) is 0 Å². The van der Waals surface area contributed by atoms with Crippen LogP contribution >= 0.6 is 0 Å². The molecule has 0 saturated carbocycles. The molecule has 0 aromatic heterocycles. The topological polar surface area (TPSA) is 26.0 Å². The molecule has 7 heavy (non-hydrogen) atoms. The minimum Gasteiger partial charge on any atom is -0.330 e. The summed E-state index contributed by atoms with van der Waals surface area (Å²) < 4.78 is 0. The summed E-state index contributed by atoms with van der Waals surface area (Å²) in [6, 6.07) is 0. The third kappa shape index (κ3) is 159. The SMILES string of the molecule is C=CC.CCCN. The van der Waals surface area contributed by atoms with Crippen LogP contribution in [-0.2, 0) is 0 Å². The second-order valence-corrected chi connectivity index (χ2v) is 1.20. The van der Waals surface area contributed by atoms with Crippen LogP contribution in [0.25, 0.3) is 0 Å². The Morgan fingerprint density at radius 1 is 1.71 bits per heavy atom. The van der Waals surface area contributed by atoms with Crippen LogP contribution in [0.5, 0.6) is 0 Å². The van der Waals surface area contributed by atoms with Crippen LogP contribution in [0.3, 0.4) is 0 Å². The molecular formula is C6H15N. The summed E-state index contributed by atoms with van der Waals surface area (Å²) in [6.07, 6.45) is 2.85. The summed E-state index contributed by atoms with van der Waals surface area (Å²) in [7, 11) is 0. The fourth-order valence-corrected chi connectivity index (χ4v) is 0. The molecule has 0 rings (SSSR count). The minimum atomic E-state index is 0.819. The first kappa shape index (κ1) is 9.85. The van der Waals surface area contributed by atoms with Crippen molar-refractivity contribution < 1.29 is 0 Å². The highest BCUT2D eigenvalue weighted by Crippen LogP contribution is 1.57. The van der Waals surface area contributed by atoms with Crippen LogP contribution < -0.4 is 5.73 Å². The second-order valence-electron chi connectivity index (χ2n) is 1.20. The van der Waals surface area contributed by atoms with E-state index in [2.05, 4.69) is 13.5 Å². The van der Waals surface area contributed by atoms with Gasteiger partial charge in [-0.1, -0.05) is 13.0 Å². The van der Waals surface area contributed by atoms with Crippen molar-refractivity contribution in [2.24, 2.45) is 5.73 Å². The number of hydrogen-bond donors (Lipinski definition) is 1. The van der Waals surface area contributed by atoms with Crippen LogP contribution in [-0.4, -0.2) is 6.54 Å². The van der Waals surface area contributed by atoms with Crippen molar-refractivity contribution in [3.63, 3.8) is 0 Å². The molecule has 0 heterocycles. The molecule has 1 heteroatoms. The van der Waals surface area contributed by atoms with Gasteiger partial charge in [0.1, 0.15) is 0 Å². The van der Waals surface area contributed by atoms with Crippen molar-refractivity contribution in [3.8, 4) is 0 Å². The highest BCUT2D eigenvalue weighted by atomic mass is 14.5. The fraction of sp³-hybridized carbons (Fsp3) is 0.667. The Kier molecular flexibility index (Phi) is 24.3. The van der Waals surface area contributed by atoms with E-state index in [-0.39, 0.29) is 0 Å². The Labute approximate surface area is 46.2 Å². The van der Waals surface area contributed by atoms with Crippen LogP contribution in [0.1, 0.15) is 20.3 Å². The van der Waals surface area contributed by atoms with E-state index in [1.807, 2.05) is 6.92 Å². The van der Waals surface area contributed by atoms with Gasteiger partial charge in [-0.2, -0.15) is 0 Å². The number of hydrogen-bond acceptors (Lipinski definition) is 1. The standard InChI is InChI=1S/C3H9N.C3H6/c1-2-3-4;1-3-2/h2-4H2,1H3;3H,1H2,2H3. The van der Waals surface area contributed by atoms with Gasteiger partial charge in [0.15, 0.2) is 0 Å². The molecule has 0 saturated heterocycles. The molecule has 0 fully saturated rings. The van der Waals surface area contributed by atoms with E-state index < -0.39 is 0 Å². The molecule has 44 valence electrons. The monoisotopic (exact) mass is 101 g/mol. The van der Waals surface area contributed by atoms with E-state index >= 15 is 0 Å². The van der Waals surface area contributed by atoms with E-state index in [0.717, 1.165) is 13.0 Å². The normalized spacial score (nSPS) is 6.14. The Balaban J connectivity index is 0. The van der Waals surface area contributed by atoms with Crippen molar-refractivity contribution >= 4 is 0 Å². The molecule has 0 atom stereocenters. The molecule has 0 aliphatic heterocycles. The molecule has 0 aromatic carbocycles. The molecule has 0 aromatic rings. The highest BCUT2D eigenvalue weighted by Gasteiger charge is 1.55. The molecule has 0 aliphatic rings. The molecule has 2 N–H and O–H groups in total. The summed E-state index contributed by atoms with van der Waals surface area (Å²) in [5.74, 6) is 0. The van der Waals surface area contributed by atoms with E-state index in [1.54, 1.807) is 6.08 Å². The summed E-state index contributed by atoms with van der Waals surface area (Å²) >= 11 is 0. The van der Waals surface area contributed by atoms with Crippen LogP contribution in [0.15, 0.2) is 12.7 Å². The van der Waals surface area contributed by atoms with Gasteiger partial charge in [0.2, 0.25) is 0 Å². The average molecular weight is 101 g/mol. The van der Waals surface area contributed by atoms with Crippen molar-refractivity contribution in [2.45, 2.75) is 20.3 Å². The van der Waals surface area contributed by atoms with Gasteiger partial charge >= 0.3 is 0 Å². The second kappa shape index (κ2) is 17.3. The van der Waals surface area contributed by atoms with E-state index in [0.29, 0.717) is 0 Å². The van der Waals surface area contributed by atoms with Crippen LogP contribution in [0, 0.1) is 0 Å². The Hall–Kier alpha value is -0.300. The van der Waals surface area contributed by atoms with E-state index in [1.165, 1.54) is 0 Å². The lowest BCUT2D eigenvalue weighted by atomic mass is 10.5. The molecule has 0 unspecified atom stereocenters. The summed E-state index contributed by atoms with van der Waals surface area (Å²) in [4.78, 5) is 0. The Morgan fingerprint density at radius 3 is 1.86 bits per heavy atom. The molecule has 0 spiro atoms. The summed E-state index contributed by atoms with van der Waals surface area (Å²) in [5, 5.41) is 0. The molecular weight excluding hydrogens is 86.1 g/mol. The summed E-state index contributed by atoms with van der Waals surface area (Å²) in [5.41, 5.74) is 5.03. The van der Waals surface area contributed by atoms with Crippen molar-refractivity contribution in [3.05, 3.63) is 12.7 Å². The molecule has 0 radical (unpaired) electrons. The maximum absolute atomic E-state index is 5.03. The fourth-order valence-electron chi connectivity index (χ4n) is 0. The first-order valence-electron chi connectivity index (χ1n) is 2.60. The van der Waals surface area contributed by atoms with Crippen molar-refractivity contribution in [1.82, 2.24) is 0 Å². The number of rotatable bonds is 1. The maximum Gasteiger partial charge on any atom is -0.00799 e. The third-order valence-electron chi connectivity index (χ3n) is 0.289. The first-order valence-corrected chi connectivity index (χ1v) is 2.60. The van der Waals surface area contributed by atoms with Gasteiger partial charge < -0.3 is 5.73 Å². The van der Waals surface area contributed by atoms with Gasteiger partial charge in [0.25, 0.3) is 0 Å². The Morgan fingerprint density at radius 2 is 1.86 bits per heavy atom. The third-order valence-corrected chi connectivity index (χ3v) is 0.289. The highest BCUT2D eigenvalue weighted by molar-refractivity contribution is 4.51. The lowest BCUT2D eigenvalue weighted by Gasteiger charge is -1.70. The van der Waals surface area contributed by atoms with Gasteiger partial charge in [0, 0.05) is 0 Å². The zero-order valence-electron chi connectivity index (χ0n) is 5.28. The lowest BCUT2D eigenvalue weighted by Crippen LogP contribution is -1.93.